The van der Waals surface area contributed by atoms with Crippen LogP contribution < -0.4 is 9.30 Å². The van der Waals surface area contributed by atoms with Gasteiger partial charge in [-0.3, -0.25) is 13.7 Å². The van der Waals surface area contributed by atoms with Crippen LogP contribution in [-0.2, 0) is 31.1 Å². The number of hydrogen-bond donors (Lipinski definition) is 0. The third-order valence-corrected chi connectivity index (χ3v) is 14.1. The maximum Gasteiger partial charge on any atom is 0.269 e. The molecule has 3 heterocycles. The van der Waals surface area contributed by atoms with E-state index in [2.05, 4.69) is 111 Å². The molecule has 0 atom stereocenters. The number of ether oxygens (including phenoxy) is 1. The van der Waals surface area contributed by atoms with Gasteiger partial charge in [-0.1, -0.05) is 178 Å². The molecule has 0 saturated heterocycles. The molecule has 0 N–H and O–H groups in total. The predicted octanol–water partition coefficient (Wildman–Crippen LogP) is 16.2. The first kappa shape index (κ1) is 34.5. The predicted molar refractivity (Wildman–Crippen MR) is 299 cm³/mol. The Hall–Kier alpha value is -8.80. The van der Waals surface area contributed by atoms with Gasteiger partial charge in [0, 0.05) is 23.0 Å². The van der Waals surface area contributed by atoms with Gasteiger partial charge in [-0.05, 0) is 147 Å². The van der Waals surface area contributed by atoms with Gasteiger partial charge in [-0.2, -0.15) is 0 Å². The van der Waals surface area contributed by atoms with Crippen molar-refractivity contribution in [1.29, 1.82) is 0 Å². The number of aromatic nitrogens is 4. The SMILES string of the molecule is [2H]c1c([2H])c([2H])c(-c2cccc(-c3c([2H])c([2H])c([2H])c([2H])c3[2H])c2-[n+]2[c-]n(-c3cccc(Oc4ccc5c6ccccc6n(-c6cc(C(C)(C)C)ccn6)c5c4)c3)c3cc(-c4cc5ccc4CCc4ccc(cc4)CC5)ccc32)c([2H])c1[2H]. The molecule has 0 spiro atoms. The van der Waals surface area contributed by atoms with E-state index >= 15 is 0 Å². The molecule has 5 heteroatoms. The van der Waals surface area contributed by atoms with E-state index < -0.39 is 60.4 Å². The minimum absolute atomic E-state index is 0.105. The lowest BCUT2D eigenvalue weighted by molar-refractivity contribution is -0.571. The summed E-state index contributed by atoms with van der Waals surface area (Å²) in [6, 6.07) is 47.5. The van der Waals surface area contributed by atoms with E-state index in [1.54, 1.807) is 22.8 Å². The summed E-state index contributed by atoms with van der Waals surface area (Å²) in [5.41, 5.74) is 12.0. The Morgan fingerprint density at radius 3 is 1.96 bits per heavy atom. The van der Waals surface area contributed by atoms with Crippen LogP contribution in [0.3, 0.4) is 0 Å². The van der Waals surface area contributed by atoms with Crippen molar-refractivity contribution in [2.24, 2.45) is 0 Å². The molecule has 0 amide bonds. The van der Waals surface area contributed by atoms with E-state index in [1.165, 1.54) is 22.3 Å². The zero-order chi connectivity index (χ0) is 57.7. The molecule has 5 nitrogen and oxygen atoms in total. The summed E-state index contributed by atoms with van der Waals surface area (Å²) < 4.78 is 102. The second-order valence-corrected chi connectivity index (χ2v) is 19.8. The fraction of sp³-hybridized carbons (Fsp3) is 0.118. The number of fused-ring (bicyclic) bond motifs is 4. The standard InChI is InChI=1S/C68H54N4O/c1-68(2,3)53-38-39-69-66(42-53)72-62-23-11-10-20-59(62)60-36-35-56(44-64(60)72)73-55-19-12-18-54(43-55)70-45-71(67-57(49-14-6-4-7-15-49)21-13-22-58(67)50-16-8-5-9-17-50)63-37-34-52(41-65(63)70)61-40-48-29-28-46-24-26-47(27-25-46)30-32-51(61)33-31-48/h4-27,31,33-44H,28-30,32H2,1-3H3/i4D,5D,6D,7D,8D,9D,14D,15D,16D,17D. The molecular formula is C68H54N4O. The smallest absolute Gasteiger partial charge is 0.269 e. The molecule has 0 radical (unpaired) electrons. The number of rotatable bonds is 8. The van der Waals surface area contributed by atoms with Crippen LogP contribution in [0.15, 0.2) is 224 Å². The molecule has 4 aliphatic carbocycles. The Kier molecular flexibility index (Phi) is 8.56. The highest BCUT2D eigenvalue weighted by atomic mass is 16.5. The maximum atomic E-state index is 9.26. The number of nitrogens with zero attached hydrogens (tertiary/aromatic N) is 4. The van der Waals surface area contributed by atoms with Crippen molar-refractivity contribution in [2.45, 2.75) is 51.9 Å². The lowest BCUT2D eigenvalue weighted by Crippen LogP contribution is -2.31. The van der Waals surface area contributed by atoms with Gasteiger partial charge >= 0.3 is 0 Å². The molecule has 0 saturated carbocycles. The van der Waals surface area contributed by atoms with Gasteiger partial charge in [-0.25, -0.2) is 4.98 Å². The molecular weight excluding hydrogens is 889 g/mol. The van der Waals surface area contributed by atoms with Gasteiger partial charge in [0.05, 0.1) is 47.1 Å². The van der Waals surface area contributed by atoms with E-state index in [4.69, 9.17) is 17.9 Å². The first-order valence-electron chi connectivity index (χ1n) is 29.7. The molecule has 352 valence electrons. The second kappa shape index (κ2) is 18.1. The van der Waals surface area contributed by atoms with Crippen molar-refractivity contribution >= 4 is 32.8 Å². The van der Waals surface area contributed by atoms with Crippen molar-refractivity contribution in [3.8, 4) is 62.1 Å². The average molecular weight is 953 g/mol. The molecule has 3 aromatic heterocycles. The number of hydrogen-bond acceptors (Lipinski definition) is 2. The number of pyridine rings is 1. The van der Waals surface area contributed by atoms with Crippen LogP contribution in [0.4, 0.5) is 0 Å². The third kappa shape index (κ3) is 8.27. The Balaban J connectivity index is 1.03. The molecule has 4 bridgehead atoms. The van der Waals surface area contributed by atoms with Crippen molar-refractivity contribution in [3.63, 3.8) is 0 Å². The zero-order valence-corrected chi connectivity index (χ0v) is 40.6. The van der Waals surface area contributed by atoms with Crippen molar-refractivity contribution < 1.29 is 23.0 Å². The van der Waals surface area contributed by atoms with E-state index in [0.29, 0.717) is 28.2 Å². The minimum atomic E-state index is -0.568. The van der Waals surface area contributed by atoms with Crippen LogP contribution in [0, 0.1) is 6.33 Å². The quantitative estimate of drug-likeness (QED) is 0.112. The summed E-state index contributed by atoms with van der Waals surface area (Å²) in [6.45, 7) is 6.56. The zero-order valence-electron chi connectivity index (χ0n) is 50.6. The average Bonchev–Trinajstić information content (AvgIpc) is 4.11. The molecule has 16 rings (SSSR count). The first-order valence-corrected chi connectivity index (χ1v) is 24.7. The highest BCUT2D eigenvalue weighted by molar-refractivity contribution is 6.09. The van der Waals surface area contributed by atoms with Crippen LogP contribution in [-0.4, -0.2) is 14.1 Å². The van der Waals surface area contributed by atoms with E-state index in [9.17, 15) is 5.48 Å². The fourth-order valence-corrected chi connectivity index (χ4v) is 10.4. The summed E-state index contributed by atoms with van der Waals surface area (Å²) >= 11 is 0. The number of para-hydroxylation sites is 2. The highest BCUT2D eigenvalue weighted by Crippen LogP contribution is 2.39. The molecule has 9 aromatic carbocycles. The molecule has 0 aliphatic heterocycles. The number of aryl methyl sites for hydroxylation is 4. The van der Waals surface area contributed by atoms with Gasteiger partial charge in [0.15, 0.2) is 0 Å². The Morgan fingerprint density at radius 2 is 1.21 bits per heavy atom. The second-order valence-electron chi connectivity index (χ2n) is 19.8. The summed E-state index contributed by atoms with van der Waals surface area (Å²) in [6.07, 6.45) is 8.83. The highest BCUT2D eigenvalue weighted by Gasteiger charge is 2.23. The van der Waals surface area contributed by atoms with Crippen LogP contribution >= 0.6 is 0 Å². The first-order chi connectivity index (χ1) is 39.9. The molecule has 4 aliphatic rings. The maximum absolute atomic E-state index is 9.26. The van der Waals surface area contributed by atoms with E-state index in [-0.39, 0.29) is 33.4 Å². The van der Waals surface area contributed by atoms with Crippen LogP contribution in [0.2, 0.25) is 0 Å². The van der Waals surface area contributed by atoms with Crippen LogP contribution in [0.5, 0.6) is 11.5 Å². The minimum Gasteiger partial charge on any atom is -0.458 e. The molecule has 0 fully saturated rings. The number of benzene rings is 9. The van der Waals surface area contributed by atoms with E-state index in [1.807, 2.05) is 71.4 Å². The summed E-state index contributed by atoms with van der Waals surface area (Å²) in [5, 5.41) is 2.12. The van der Waals surface area contributed by atoms with Crippen molar-refractivity contribution in [1.82, 2.24) is 14.1 Å². The van der Waals surface area contributed by atoms with Gasteiger partial charge in [0.2, 0.25) is 0 Å². The summed E-state index contributed by atoms with van der Waals surface area (Å²) in [5.74, 6) is 1.89. The van der Waals surface area contributed by atoms with E-state index in [0.717, 1.165) is 70.0 Å². The largest absolute Gasteiger partial charge is 0.458 e. The fourth-order valence-electron chi connectivity index (χ4n) is 10.4. The van der Waals surface area contributed by atoms with Gasteiger partial charge in [0.1, 0.15) is 17.3 Å². The third-order valence-electron chi connectivity index (χ3n) is 14.1. The Bertz CT molecular complexity index is 4510. The summed E-state index contributed by atoms with van der Waals surface area (Å²) in [4.78, 5) is 4.88. The summed E-state index contributed by atoms with van der Waals surface area (Å²) in [7, 11) is 0. The Labute approximate surface area is 440 Å². The monoisotopic (exact) mass is 952 g/mol. The lowest BCUT2D eigenvalue weighted by Gasteiger charge is -2.20. The lowest BCUT2D eigenvalue weighted by atomic mass is 9.88. The van der Waals surface area contributed by atoms with Crippen LogP contribution in [0.1, 0.15) is 62.3 Å². The topological polar surface area (TPSA) is 35.9 Å². The molecule has 73 heavy (non-hydrogen) atoms. The van der Waals surface area contributed by atoms with Gasteiger partial charge in [-0.15, -0.1) is 0 Å². The molecule has 12 aromatic rings. The van der Waals surface area contributed by atoms with Crippen LogP contribution in [0.25, 0.3) is 83.4 Å². The van der Waals surface area contributed by atoms with Gasteiger partial charge in [0.25, 0.3) is 6.33 Å². The number of imidazole rings is 1. The van der Waals surface area contributed by atoms with Crippen molar-refractivity contribution in [3.05, 3.63) is 258 Å². The Morgan fingerprint density at radius 1 is 0.534 bits per heavy atom. The van der Waals surface area contributed by atoms with Crippen molar-refractivity contribution in [2.75, 3.05) is 0 Å². The normalized spacial score (nSPS) is 14.6. The molecule has 0 unspecified atom stereocenters. The van der Waals surface area contributed by atoms with Gasteiger partial charge < -0.3 is 4.74 Å².